The number of hydrogen-bond acceptors (Lipinski definition) is 2. The molecule has 0 atom stereocenters. The van der Waals surface area contributed by atoms with Crippen LogP contribution in [-0.2, 0) is 0 Å². The summed E-state index contributed by atoms with van der Waals surface area (Å²) >= 11 is 6.31. The highest BCUT2D eigenvalue weighted by atomic mass is 35.5. The second-order valence-electron chi connectivity index (χ2n) is 6.61. The van der Waals surface area contributed by atoms with E-state index in [1.807, 2.05) is 26.2 Å². The van der Waals surface area contributed by atoms with Crippen molar-refractivity contribution in [1.82, 2.24) is 0 Å². The van der Waals surface area contributed by atoms with Gasteiger partial charge in [0.25, 0.3) is 0 Å². The topological polar surface area (TPSA) is 15.3 Å². The molecule has 0 saturated heterocycles. The fourth-order valence-corrected chi connectivity index (χ4v) is 3.19. The zero-order valence-electron chi connectivity index (χ0n) is 12.5. The SMILES string of the molecule is CN(C)c1c(Cl)cccc1NC1CCC(C)(C)CC1. The van der Waals surface area contributed by atoms with E-state index in [4.69, 9.17) is 11.6 Å². The molecule has 19 heavy (non-hydrogen) atoms. The van der Waals surface area contributed by atoms with Crippen molar-refractivity contribution in [3.05, 3.63) is 23.2 Å². The van der Waals surface area contributed by atoms with Gasteiger partial charge in [-0.05, 0) is 43.2 Å². The molecular weight excluding hydrogens is 256 g/mol. The first-order valence-corrected chi connectivity index (χ1v) is 7.49. The Morgan fingerprint density at radius 3 is 2.42 bits per heavy atom. The average Bonchev–Trinajstić information content (AvgIpc) is 2.31. The lowest BCUT2D eigenvalue weighted by Gasteiger charge is -2.35. The van der Waals surface area contributed by atoms with E-state index in [-0.39, 0.29) is 0 Å². The van der Waals surface area contributed by atoms with Gasteiger partial charge in [0.05, 0.1) is 16.4 Å². The fourth-order valence-electron chi connectivity index (χ4n) is 2.85. The molecule has 0 aromatic heterocycles. The number of rotatable bonds is 3. The second-order valence-corrected chi connectivity index (χ2v) is 7.02. The third-order valence-corrected chi connectivity index (χ3v) is 4.44. The van der Waals surface area contributed by atoms with Crippen molar-refractivity contribution >= 4 is 23.0 Å². The van der Waals surface area contributed by atoms with E-state index in [1.54, 1.807) is 0 Å². The summed E-state index contributed by atoms with van der Waals surface area (Å²) in [7, 11) is 4.08. The normalized spacial score (nSPS) is 19.2. The molecule has 1 saturated carbocycles. The second kappa shape index (κ2) is 5.62. The van der Waals surface area contributed by atoms with Gasteiger partial charge in [0.15, 0.2) is 0 Å². The van der Waals surface area contributed by atoms with Gasteiger partial charge in [0.1, 0.15) is 0 Å². The predicted octanol–water partition coefficient (Wildman–Crippen LogP) is 4.79. The fraction of sp³-hybridized carbons (Fsp3) is 0.625. The predicted molar refractivity (Wildman–Crippen MR) is 85.4 cm³/mol. The van der Waals surface area contributed by atoms with Crippen molar-refractivity contribution in [3.8, 4) is 0 Å². The maximum Gasteiger partial charge on any atom is 0.0786 e. The van der Waals surface area contributed by atoms with Crippen LogP contribution in [0, 0.1) is 5.41 Å². The first-order valence-electron chi connectivity index (χ1n) is 7.11. The molecule has 0 aliphatic heterocycles. The van der Waals surface area contributed by atoms with Crippen molar-refractivity contribution in [2.75, 3.05) is 24.3 Å². The summed E-state index contributed by atoms with van der Waals surface area (Å²) in [5, 5.41) is 4.49. The van der Waals surface area contributed by atoms with Gasteiger partial charge in [-0.1, -0.05) is 31.5 Å². The van der Waals surface area contributed by atoms with Gasteiger partial charge in [-0.25, -0.2) is 0 Å². The standard InChI is InChI=1S/C16H25ClN2/c1-16(2)10-8-12(9-11-16)18-14-7-5-6-13(17)15(14)19(3)4/h5-7,12,18H,8-11H2,1-4H3. The van der Waals surface area contributed by atoms with Gasteiger partial charge in [-0.3, -0.25) is 0 Å². The van der Waals surface area contributed by atoms with Crippen LogP contribution in [-0.4, -0.2) is 20.1 Å². The van der Waals surface area contributed by atoms with Crippen molar-refractivity contribution in [2.45, 2.75) is 45.6 Å². The Labute approximate surface area is 122 Å². The summed E-state index contributed by atoms with van der Waals surface area (Å²) in [6.45, 7) is 4.74. The molecular formula is C16H25ClN2. The highest BCUT2D eigenvalue weighted by Crippen LogP contribution is 2.38. The van der Waals surface area contributed by atoms with E-state index in [0.717, 1.165) is 16.4 Å². The van der Waals surface area contributed by atoms with Crippen LogP contribution in [0.5, 0.6) is 0 Å². The molecule has 1 aromatic carbocycles. The van der Waals surface area contributed by atoms with Gasteiger partial charge in [0, 0.05) is 20.1 Å². The third kappa shape index (κ3) is 3.56. The molecule has 0 amide bonds. The lowest BCUT2D eigenvalue weighted by molar-refractivity contribution is 0.232. The first-order chi connectivity index (χ1) is 8.89. The summed E-state index contributed by atoms with van der Waals surface area (Å²) in [4.78, 5) is 2.08. The zero-order valence-corrected chi connectivity index (χ0v) is 13.2. The van der Waals surface area contributed by atoms with Crippen LogP contribution in [0.2, 0.25) is 5.02 Å². The van der Waals surface area contributed by atoms with E-state index in [9.17, 15) is 0 Å². The lowest BCUT2D eigenvalue weighted by Crippen LogP contribution is -2.30. The van der Waals surface area contributed by atoms with Crippen LogP contribution in [0.1, 0.15) is 39.5 Å². The number of para-hydroxylation sites is 1. The average molecular weight is 281 g/mol. The Balaban J connectivity index is 2.10. The molecule has 0 heterocycles. The molecule has 1 N–H and O–H groups in total. The summed E-state index contributed by atoms with van der Waals surface area (Å²) in [5.74, 6) is 0. The minimum atomic E-state index is 0.511. The summed E-state index contributed by atoms with van der Waals surface area (Å²) in [6, 6.07) is 6.67. The highest BCUT2D eigenvalue weighted by molar-refractivity contribution is 6.34. The number of benzene rings is 1. The van der Waals surface area contributed by atoms with E-state index >= 15 is 0 Å². The summed E-state index contributed by atoms with van der Waals surface area (Å²) in [6.07, 6.45) is 5.07. The number of nitrogens with one attached hydrogen (secondary N) is 1. The molecule has 0 spiro atoms. The Hall–Kier alpha value is -0.890. The first kappa shape index (κ1) is 14.5. The molecule has 1 fully saturated rings. The monoisotopic (exact) mass is 280 g/mol. The van der Waals surface area contributed by atoms with Crippen LogP contribution in [0.4, 0.5) is 11.4 Å². The zero-order chi connectivity index (χ0) is 14.0. The van der Waals surface area contributed by atoms with Gasteiger partial charge < -0.3 is 10.2 Å². The van der Waals surface area contributed by atoms with E-state index in [1.165, 1.54) is 25.7 Å². The molecule has 3 heteroatoms. The molecule has 0 radical (unpaired) electrons. The van der Waals surface area contributed by atoms with Crippen molar-refractivity contribution in [1.29, 1.82) is 0 Å². The van der Waals surface area contributed by atoms with Crippen molar-refractivity contribution in [2.24, 2.45) is 5.41 Å². The van der Waals surface area contributed by atoms with Crippen LogP contribution >= 0.6 is 11.6 Å². The maximum absolute atomic E-state index is 6.31. The Kier molecular flexibility index (Phi) is 4.29. The molecule has 1 aliphatic rings. The van der Waals surface area contributed by atoms with Gasteiger partial charge in [-0.2, -0.15) is 0 Å². The summed E-state index contributed by atoms with van der Waals surface area (Å²) < 4.78 is 0. The molecule has 0 unspecified atom stereocenters. The highest BCUT2D eigenvalue weighted by Gasteiger charge is 2.27. The Morgan fingerprint density at radius 2 is 1.84 bits per heavy atom. The van der Waals surface area contributed by atoms with Gasteiger partial charge in [-0.15, -0.1) is 0 Å². The van der Waals surface area contributed by atoms with Crippen molar-refractivity contribution in [3.63, 3.8) is 0 Å². The minimum Gasteiger partial charge on any atom is -0.381 e. The quantitative estimate of drug-likeness (QED) is 0.857. The Morgan fingerprint density at radius 1 is 1.21 bits per heavy atom. The smallest absolute Gasteiger partial charge is 0.0786 e. The van der Waals surface area contributed by atoms with Gasteiger partial charge >= 0.3 is 0 Å². The molecule has 2 nitrogen and oxygen atoms in total. The van der Waals surface area contributed by atoms with E-state index in [2.05, 4.69) is 30.1 Å². The largest absolute Gasteiger partial charge is 0.381 e. The lowest BCUT2D eigenvalue weighted by atomic mass is 9.75. The summed E-state index contributed by atoms with van der Waals surface area (Å²) in [5.41, 5.74) is 2.76. The van der Waals surface area contributed by atoms with Crippen molar-refractivity contribution < 1.29 is 0 Å². The van der Waals surface area contributed by atoms with Crippen LogP contribution in [0.3, 0.4) is 0 Å². The molecule has 106 valence electrons. The Bertz CT molecular complexity index is 430. The molecule has 0 bridgehead atoms. The van der Waals surface area contributed by atoms with Gasteiger partial charge in [0.2, 0.25) is 0 Å². The molecule has 2 rings (SSSR count). The maximum atomic E-state index is 6.31. The van der Waals surface area contributed by atoms with E-state index in [0.29, 0.717) is 11.5 Å². The molecule has 1 aromatic rings. The van der Waals surface area contributed by atoms with Crippen LogP contribution in [0.25, 0.3) is 0 Å². The van der Waals surface area contributed by atoms with Crippen LogP contribution in [0.15, 0.2) is 18.2 Å². The number of nitrogens with zero attached hydrogens (tertiary/aromatic N) is 1. The van der Waals surface area contributed by atoms with E-state index < -0.39 is 0 Å². The minimum absolute atomic E-state index is 0.511. The number of anilines is 2. The van der Waals surface area contributed by atoms with Crippen LogP contribution < -0.4 is 10.2 Å². The third-order valence-electron chi connectivity index (χ3n) is 4.13. The number of hydrogen-bond donors (Lipinski definition) is 1. The number of halogens is 1. The molecule has 1 aliphatic carbocycles.